The maximum atomic E-state index is 6.22. The van der Waals surface area contributed by atoms with Gasteiger partial charge in [-0.1, -0.05) is 11.6 Å². The summed E-state index contributed by atoms with van der Waals surface area (Å²) >= 11 is 6.22. The number of hydrogen-bond donors (Lipinski definition) is 1. The summed E-state index contributed by atoms with van der Waals surface area (Å²) in [6.07, 6.45) is 7.91. The number of nitrogens with zero attached hydrogens (tertiary/aromatic N) is 2. The van der Waals surface area contributed by atoms with Crippen LogP contribution < -0.4 is 5.73 Å². The number of halogens is 1. The number of aryl methyl sites for hydroxylation is 1. The van der Waals surface area contributed by atoms with Crippen molar-refractivity contribution in [1.29, 1.82) is 0 Å². The maximum absolute atomic E-state index is 6.22. The predicted octanol–water partition coefficient (Wildman–Crippen LogP) is 2.93. The molecule has 0 aliphatic heterocycles. The zero-order valence-electron chi connectivity index (χ0n) is 9.82. The highest BCUT2D eigenvalue weighted by atomic mass is 35.5. The molecule has 0 amide bonds. The molecule has 1 aromatic rings. The van der Waals surface area contributed by atoms with Crippen molar-refractivity contribution >= 4 is 11.6 Å². The van der Waals surface area contributed by atoms with Crippen molar-refractivity contribution in [2.24, 2.45) is 11.7 Å². The smallest absolute Gasteiger partial charge is 0.130 e. The highest BCUT2D eigenvalue weighted by Crippen LogP contribution is 2.35. The van der Waals surface area contributed by atoms with Crippen molar-refractivity contribution in [2.75, 3.05) is 6.54 Å². The van der Waals surface area contributed by atoms with Crippen LogP contribution in [0.15, 0.2) is 6.20 Å². The molecular weight excluding hydrogens is 222 g/mol. The SMILES string of the molecule is Cc1cnn(C2CCC(CCN)CC2)c1Cl. The Morgan fingerprint density at radius 3 is 2.62 bits per heavy atom. The standard InChI is InChI=1S/C12H20ClN3/c1-9-8-15-16(12(9)13)11-4-2-10(3-5-11)6-7-14/h8,10-11H,2-7,14H2,1H3. The molecule has 1 heterocycles. The van der Waals surface area contributed by atoms with E-state index in [1.165, 1.54) is 32.1 Å². The van der Waals surface area contributed by atoms with Gasteiger partial charge in [0.25, 0.3) is 0 Å². The molecule has 16 heavy (non-hydrogen) atoms. The molecular formula is C12H20ClN3. The summed E-state index contributed by atoms with van der Waals surface area (Å²) < 4.78 is 2.00. The maximum Gasteiger partial charge on any atom is 0.130 e. The first-order valence-electron chi connectivity index (χ1n) is 6.12. The van der Waals surface area contributed by atoms with Crippen LogP contribution in [0.25, 0.3) is 0 Å². The van der Waals surface area contributed by atoms with E-state index in [2.05, 4.69) is 5.10 Å². The minimum atomic E-state index is 0.496. The summed E-state index contributed by atoms with van der Waals surface area (Å²) in [5.41, 5.74) is 6.67. The average molecular weight is 242 g/mol. The lowest BCUT2D eigenvalue weighted by atomic mass is 9.84. The lowest BCUT2D eigenvalue weighted by molar-refractivity contribution is 0.253. The average Bonchev–Trinajstić information content (AvgIpc) is 2.62. The third-order valence-corrected chi connectivity index (χ3v) is 4.11. The van der Waals surface area contributed by atoms with Crippen LogP contribution in [0.3, 0.4) is 0 Å². The summed E-state index contributed by atoms with van der Waals surface area (Å²) in [6, 6.07) is 0.496. The van der Waals surface area contributed by atoms with Crippen molar-refractivity contribution in [3.05, 3.63) is 16.9 Å². The van der Waals surface area contributed by atoms with Crippen LogP contribution in [-0.2, 0) is 0 Å². The third kappa shape index (κ3) is 2.41. The summed E-state index contributed by atoms with van der Waals surface area (Å²) in [7, 11) is 0. The van der Waals surface area contributed by atoms with Gasteiger partial charge in [0.1, 0.15) is 5.15 Å². The van der Waals surface area contributed by atoms with Crippen LogP contribution in [0.1, 0.15) is 43.7 Å². The second-order valence-corrected chi connectivity index (χ2v) is 5.17. The molecule has 0 aromatic carbocycles. The molecule has 0 atom stereocenters. The zero-order chi connectivity index (χ0) is 11.5. The van der Waals surface area contributed by atoms with E-state index in [1.807, 2.05) is 17.8 Å². The van der Waals surface area contributed by atoms with Crippen molar-refractivity contribution in [3.8, 4) is 0 Å². The molecule has 0 unspecified atom stereocenters. The van der Waals surface area contributed by atoms with Gasteiger partial charge in [0, 0.05) is 5.56 Å². The van der Waals surface area contributed by atoms with Crippen molar-refractivity contribution in [2.45, 2.75) is 45.1 Å². The Morgan fingerprint density at radius 1 is 1.44 bits per heavy atom. The van der Waals surface area contributed by atoms with Crippen LogP contribution in [0.5, 0.6) is 0 Å². The van der Waals surface area contributed by atoms with Gasteiger partial charge in [0.15, 0.2) is 0 Å². The Labute approximate surface area is 102 Å². The third-order valence-electron chi connectivity index (χ3n) is 3.64. The molecule has 1 aromatic heterocycles. The van der Waals surface area contributed by atoms with Crippen molar-refractivity contribution in [3.63, 3.8) is 0 Å². The van der Waals surface area contributed by atoms with Crippen LogP contribution in [0.2, 0.25) is 5.15 Å². The van der Waals surface area contributed by atoms with E-state index in [9.17, 15) is 0 Å². The largest absolute Gasteiger partial charge is 0.330 e. The number of rotatable bonds is 3. The fraction of sp³-hybridized carbons (Fsp3) is 0.750. The first-order chi connectivity index (χ1) is 7.72. The predicted molar refractivity (Wildman–Crippen MR) is 66.6 cm³/mol. The molecule has 1 saturated carbocycles. The number of hydrogen-bond acceptors (Lipinski definition) is 2. The lowest BCUT2D eigenvalue weighted by Gasteiger charge is -2.28. The second kappa shape index (κ2) is 5.19. The summed E-state index contributed by atoms with van der Waals surface area (Å²) in [4.78, 5) is 0. The Balaban J connectivity index is 1.96. The van der Waals surface area contributed by atoms with Gasteiger partial charge >= 0.3 is 0 Å². The molecule has 2 rings (SSSR count). The quantitative estimate of drug-likeness (QED) is 0.884. The Hall–Kier alpha value is -0.540. The van der Waals surface area contributed by atoms with E-state index >= 15 is 0 Å². The zero-order valence-corrected chi connectivity index (χ0v) is 10.6. The van der Waals surface area contributed by atoms with Gasteiger partial charge in [-0.2, -0.15) is 5.10 Å². The van der Waals surface area contributed by atoms with Gasteiger partial charge in [-0.15, -0.1) is 0 Å². The molecule has 0 spiro atoms. The fourth-order valence-corrected chi connectivity index (χ4v) is 2.83. The van der Waals surface area contributed by atoms with Gasteiger partial charge in [-0.05, 0) is 51.5 Å². The first kappa shape index (κ1) is 11.9. The Bertz CT molecular complexity index is 340. The highest BCUT2D eigenvalue weighted by molar-refractivity contribution is 6.30. The normalized spacial score (nSPS) is 25.9. The van der Waals surface area contributed by atoms with Crippen molar-refractivity contribution < 1.29 is 0 Å². The lowest BCUT2D eigenvalue weighted by Crippen LogP contribution is -2.20. The monoisotopic (exact) mass is 241 g/mol. The van der Waals surface area contributed by atoms with Gasteiger partial charge in [0.05, 0.1) is 12.2 Å². The molecule has 2 N–H and O–H groups in total. The molecule has 0 saturated heterocycles. The van der Waals surface area contributed by atoms with E-state index in [4.69, 9.17) is 17.3 Å². The van der Waals surface area contributed by atoms with Crippen LogP contribution in [0, 0.1) is 12.8 Å². The molecule has 4 heteroatoms. The molecule has 0 radical (unpaired) electrons. The Morgan fingerprint density at radius 2 is 2.12 bits per heavy atom. The van der Waals surface area contributed by atoms with Crippen molar-refractivity contribution in [1.82, 2.24) is 9.78 Å². The molecule has 90 valence electrons. The van der Waals surface area contributed by atoms with Gasteiger partial charge < -0.3 is 5.73 Å². The van der Waals surface area contributed by atoms with Crippen LogP contribution >= 0.6 is 11.6 Å². The molecule has 1 aliphatic carbocycles. The molecule has 0 bridgehead atoms. The summed E-state index contributed by atoms with van der Waals surface area (Å²) in [5.74, 6) is 0.816. The van der Waals surface area contributed by atoms with E-state index in [1.54, 1.807) is 0 Å². The van der Waals surface area contributed by atoms with Crippen LogP contribution in [0.4, 0.5) is 0 Å². The summed E-state index contributed by atoms with van der Waals surface area (Å²) in [5, 5.41) is 5.18. The van der Waals surface area contributed by atoms with E-state index in [-0.39, 0.29) is 0 Å². The fourth-order valence-electron chi connectivity index (χ4n) is 2.60. The van der Waals surface area contributed by atoms with E-state index in [0.29, 0.717) is 6.04 Å². The molecule has 1 fully saturated rings. The van der Waals surface area contributed by atoms with E-state index < -0.39 is 0 Å². The minimum Gasteiger partial charge on any atom is -0.330 e. The Kier molecular flexibility index (Phi) is 3.87. The first-order valence-corrected chi connectivity index (χ1v) is 6.50. The number of nitrogens with two attached hydrogens (primary N) is 1. The number of aromatic nitrogens is 2. The second-order valence-electron chi connectivity index (χ2n) is 4.81. The molecule has 3 nitrogen and oxygen atoms in total. The molecule has 1 aliphatic rings. The minimum absolute atomic E-state index is 0.496. The van der Waals surface area contributed by atoms with Crippen LogP contribution in [-0.4, -0.2) is 16.3 Å². The van der Waals surface area contributed by atoms with Gasteiger partial charge in [0.2, 0.25) is 0 Å². The van der Waals surface area contributed by atoms with Gasteiger partial charge in [-0.25, -0.2) is 0 Å². The van der Waals surface area contributed by atoms with Gasteiger partial charge in [-0.3, -0.25) is 4.68 Å². The topological polar surface area (TPSA) is 43.8 Å². The highest BCUT2D eigenvalue weighted by Gasteiger charge is 2.23. The summed E-state index contributed by atoms with van der Waals surface area (Å²) in [6.45, 7) is 2.82. The van der Waals surface area contributed by atoms with E-state index in [0.717, 1.165) is 23.2 Å².